The highest BCUT2D eigenvalue weighted by Crippen LogP contribution is 1.90. The van der Waals surface area contributed by atoms with Gasteiger partial charge in [0.05, 0.1) is 0 Å². The van der Waals surface area contributed by atoms with E-state index in [4.69, 9.17) is 0 Å². The fraction of sp³-hybridized carbons (Fsp3) is 0.333. The first kappa shape index (κ1) is 10.6. The Hall–Kier alpha value is -0.373. The zero-order valence-electron chi connectivity index (χ0n) is 5.18. The van der Waals surface area contributed by atoms with Crippen LogP contribution in [0.2, 0.25) is 6.04 Å². The van der Waals surface area contributed by atoms with Gasteiger partial charge in [-0.25, -0.2) is 0 Å². The summed E-state index contributed by atoms with van der Waals surface area (Å²) in [5, 5.41) is 0. The molecular weight excluding hydrogens is 119 g/mol. The van der Waals surface area contributed by atoms with Gasteiger partial charge in [-0.1, -0.05) is 24.4 Å². The molecule has 0 aromatic carbocycles. The van der Waals surface area contributed by atoms with Crippen LogP contribution in [0.25, 0.3) is 0 Å². The molecule has 47 valence electrons. The van der Waals surface area contributed by atoms with Gasteiger partial charge >= 0.3 is 0 Å². The quantitative estimate of drug-likeness (QED) is 0.515. The number of hydrogen-bond acceptors (Lipinski definition) is 0. The normalized spacial score (nSPS) is 7.75. The Kier molecular flexibility index (Phi) is 8.76. The van der Waals surface area contributed by atoms with Crippen molar-refractivity contribution in [1.29, 1.82) is 0 Å². The third-order valence-electron chi connectivity index (χ3n) is 0.933. The minimum absolute atomic E-state index is 0. The van der Waals surface area contributed by atoms with Crippen LogP contribution in [0.1, 0.15) is 6.92 Å². The largest absolute Gasteiger partial charge is 0.269 e. The zero-order valence-corrected chi connectivity index (χ0v) is 6.18. The summed E-state index contributed by atoms with van der Waals surface area (Å²) in [6.45, 7) is 9.52. The van der Waals surface area contributed by atoms with E-state index in [1.165, 1.54) is 6.04 Å². The third-order valence-corrected chi connectivity index (χ3v) is 2.80. The summed E-state index contributed by atoms with van der Waals surface area (Å²) in [7, 11) is -0.335. The van der Waals surface area contributed by atoms with Crippen molar-refractivity contribution in [2.24, 2.45) is 0 Å². The standard InChI is InChI=1S/C6H11Si.FH/c1-4-7(5-2)6-3;/h4-5H,1-2,6H2,3H3;1H. The highest BCUT2D eigenvalue weighted by atomic mass is 28.3. The first-order valence-electron chi connectivity index (χ1n) is 2.45. The second-order valence-corrected chi connectivity index (χ2v) is 4.01. The van der Waals surface area contributed by atoms with Gasteiger partial charge in [0.2, 0.25) is 0 Å². The Morgan fingerprint density at radius 1 is 1.38 bits per heavy atom. The van der Waals surface area contributed by atoms with Crippen molar-refractivity contribution in [2.75, 3.05) is 0 Å². The average molecular weight is 131 g/mol. The molecule has 0 atom stereocenters. The molecule has 0 unspecified atom stereocenters. The molecule has 1 radical (unpaired) electrons. The second kappa shape index (κ2) is 6.63. The van der Waals surface area contributed by atoms with E-state index in [1.807, 2.05) is 11.4 Å². The Balaban J connectivity index is 0. The summed E-state index contributed by atoms with van der Waals surface area (Å²) < 4.78 is 0. The molecule has 0 fully saturated rings. The molecule has 0 N–H and O–H groups in total. The lowest BCUT2D eigenvalue weighted by molar-refractivity contribution is 1.11. The third kappa shape index (κ3) is 3.80. The summed E-state index contributed by atoms with van der Waals surface area (Å²) in [6, 6.07) is 1.22. The molecule has 0 rings (SSSR count). The molecule has 0 bridgehead atoms. The molecule has 0 aliphatic heterocycles. The number of rotatable bonds is 3. The minimum atomic E-state index is -0.335. The van der Waals surface area contributed by atoms with E-state index in [0.717, 1.165) is 0 Å². The topological polar surface area (TPSA) is 0 Å². The molecule has 0 heterocycles. The lowest BCUT2D eigenvalue weighted by Crippen LogP contribution is -2.00. The van der Waals surface area contributed by atoms with Crippen LogP contribution in [0.5, 0.6) is 0 Å². The van der Waals surface area contributed by atoms with Crippen LogP contribution in [0.3, 0.4) is 0 Å². The second-order valence-electron chi connectivity index (χ2n) is 1.34. The molecule has 0 spiro atoms. The molecule has 0 aromatic rings. The zero-order chi connectivity index (χ0) is 5.70. The van der Waals surface area contributed by atoms with Crippen molar-refractivity contribution in [3.8, 4) is 0 Å². The maximum absolute atomic E-state index is 3.68. The van der Waals surface area contributed by atoms with Gasteiger partial charge in [-0.05, 0) is 0 Å². The monoisotopic (exact) mass is 131 g/mol. The predicted molar refractivity (Wildman–Crippen MR) is 39.1 cm³/mol. The van der Waals surface area contributed by atoms with Crippen LogP contribution >= 0.6 is 0 Å². The SMILES string of the molecule is C=C[Si](C=C)CC.F. The van der Waals surface area contributed by atoms with E-state index in [9.17, 15) is 0 Å². The summed E-state index contributed by atoms with van der Waals surface area (Å²) in [5.41, 5.74) is 4.02. The van der Waals surface area contributed by atoms with Gasteiger partial charge in [-0.15, -0.1) is 13.2 Å². The maximum atomic E-state index is 3.68. The smallest absolute Gasteiger partial charge is 0.102 e. The number of halogens is 1. The van der Waals surface area contributed by atoms with Crippen molar-refractivity contribution in [2.45, 2.75) is 13.0 Å². The summed E-state index contributed by atoms with van der Waals surface area (Å²) in [4.78, 5) is 0. The first-order valence-corrected chi connectivity index (χ1v) is 4.32. The molecule has 0 saturated heterocycles. The van der Waals surface area contributed by atoms with Gasteiger partial charge < -0.3 is 0 Å². The molecule has 0 nitrogen and oxygen atoms in total. The van der Waals surface area contributed by atoms with Crippen LogP contribution in [0, 0.1) is 0 Å². The molecular formula is C6H12FSi. The molecule has 2 heteroatoms. The van der Waals surface area contributed by atoms with Crippen LogP contribution in [0.4, 0.5) is 4.70 Å². The van der Waals surface area contributed by atoms with Crippen LogP contribution in [0.15, 0.2) is 24.6 Å². The summed E-state index contributed by atoms with van der Waals surface area (Å²) in [6.07, 6.45) is 0. The predicted octanol–water partition coefficient (Wildman–Crippen LogP) is 2.10. The van der Waals surface area contributed by atoms with Crippen LogP contribution in [-0.4, -0.2) is 8.80 Å². The Labute approximate surface area is 51.9 Å². The fourth-order valence-corrected chi connectivity index (χ4v) is 1.12. The van der Waals surface area contributed by atoms with Crippen LogP contribution in [-0.2, 0) is 0 Å². The van der Waals surface area contributed by atoms with E-state index >= 15 is 0 Å². The Morgan fingerprint density at radius 2 is 1.75 bits per heavy atom. The summed E-state index contributed by atoms with van der Waals surface area (Å²) >= 11 is 0. The van der Waals surface area contributed by atoms with Gasteiger partial charge in [-0.2, -0.15) is 0 Å². The van der Waals surface area contributed by atoms with E-state index in [1.54, 1.807) is 0 Å². The molecule has 0 amide bonds. The van der Waals surface area contributed by atoms with Crippen molar-refractivity contribution >= 4 is 8.80 Å². The van der Waals surface area contributed by atoms with E-state index < -0.39 is 0 Å². The Bertz CT molecular complexity index is 62.9. The molecule has 0 aromatic heterocycles. The van der Waals surface area contributed by atoms with Crippen LogP contribution < -0.4 is 0 Å². The lowest BCUT2D eigenvalue weighted by atomic mass is 11.0. The fourth-order valence-electron chi connectivity index (χ4n) is 0.372. The minimum Gasteiger partial charge on any atom is -0.269 e. The van der Waals surface area contributed by atoms with Crippen molar-refractivity contribution in [3.05, 3.63) is 24.6 Å². The molecule has 8 heavy (non-hydrogen) atoms. The first-order chi connectivity index (χ1) is 3.35. The van der Waals surface area contributed by atoms with Gasteiger partial charge in [0, 0.05) is 0 Å². The van der Waals surface area contributed by atoms with E-state index in [-0.39, 0.29) is 13.5 Å². The number of hydrogen-bond donors (Lipinski definition) is 0. The maximum Gasteiger partial charge on any atom is 0.102 e. The lowest BCUT2D eigenvalue weighted by Gasteiger charge is -1.93. The highest BCUT2D eigenvalue weighted by Gasteiger charge is 1.92. The van der Waals surface area contributed by atoms with Gasteiger partial charge in [0.15, 0.2) is 0 Å². The average Bonchev–Trinajstić information content (AvgIpc) is 1.72. The van der Waals surface area contributed by atoms with E-state index in [0.29, 0.717) is 0 Å². The van der Waals surface area contributed by atoms with Gasteiger partial charge in [-0.3, -0.25) is 4.70 Å². The Morgan fingerprint density at radius 3 is 1.75 bits per heavy atom. The van der Waals surface area contributed by atoms with E-state index in [2.05, 4.69) is 20.1 Å². The highest BCUT2D eigenvalue weighted by molar-refractivity contribution is 6.69. The van der Waals surface area contributed by atoms with Gasteiger partial charge in [0.1, 0.15) is 8.80 Å². The summed E-state index contributed by atoms with van der Waals surface area (Å²) in [5.74, 6) is 0. The van der Waals surface area contributed by atoms with Crippen molar-refractivity contribution in [3.63, 3.8) is 0 Å². The molecule has 0 saturated carbocycles. The van der Waals surface area contributed by atoms with Crippen molar-refractivity contribution < 1.29 is 4.70 Å². The van der Waals surface area contributed by atoms with Crippen molar-refractivity contribution in [1.82, 2.24) is 0 Å². The molecule has 0 aliphatic carbocycles. The van der Waals surface area contributed by atoms with Gasteiger partial charge in [0.25, 0.3) is 0 Å². The molecule has 0 aliphatic rings.